The highest BCUT2D eigenvalue weighted by atomic mass is 14.9. The smallest absolute Gasteiger partial charge is 0.125 e. The van der Waals surface area contributed by atoms with Gasteiger partial charge in [-0.25, -0.2) is 19.9 Å². The third-order valence-corrected chi connectivity index (χ3v) is 19.4. The van der Waals surface area contributed by atoms with Gasteiger partial charge in [0.25, 0.3) is 0 Å². The van der Waals surface area contributed by atoms with E-state index in [1.165, 1.54) is 151 Å². The van der Waals surface area contributed by atoms with Crippen LogP contribution in [0.1, 0.15) is 322 Å². The van der Waals surface area contributed by atoms with Crippen LogP contribution in [0.25, 0.3) is 66.3 Å². The lowest BCUT2D eigenvalue weighted by Crippen LogP contribution is -1.84. The van der Waals surface area contributed by atoms with E-state index in [1.807, 2.05) is 318 Å². The summed E-state index contributed by atoms with van der Waals surface area (Å²) in [4.78, 5) is 34.8. The summed E-state index contributed by atoms with van der Waals surface area (Å²) in [5.41, 5.74) is 36.9. The van der Waals surface area contributed by atoms with Gasteiger partial charge in [0, 0.05) is 108 Å². The number of benzene rings is 10. The second-order valence-corrected chi connectivity index (χ2v) is 28.0. The molecule has 0 saturated carbocycles. The first-order chi connectivity index (χ1) is 70.6. The Bertz CT molecular complexity index is 5420. The van der Waals surface area contributed by atoms with Crippen LogP contribution >= 0.6 is 0 Å². The van der Waals surface area contributed by atoms with Gasteiger partial charge in [0.05, 0.1) is 5.69 Å². The van der Waals surface area contributed by atoms with E-state index in [0.717, 1.165) is 48.6 Å². The van der Waals surface area contributed by atoms with E-state index in [4.69, 9.17) is 0 Å². The average Bonchev–Trinajstić information content (AvgIpc) is 1.63. The van der Waals surface area contributed by atoms with Gasteiger partial charge in [0.2, 0.25) is 0 Å². The fourth-order valence-electron chi connectivity index (χ4n) is 13.8. The molecule has 0 atom stereocenters. The largest absolute Gasteiger partial charge is 0.344 e. The second kappa shape index (κ2) is 95.9. The molecule has 0 aliphatic heterocycles. The van der Waals surface area contributed by atoms with E-state index < -0.39 is 0 Å². The molecule has 0 fully saturated rings. The molecule has 0 spiro atoms. The molecule has 0 saturated heterocycles. The van der Waals surface area contributed by atoms with Crippen molar-refractivity contribution in [3.05, 3.63) is 448 Å². The Morgan fingerprint density at radius 3 is 0.993 bits per heavy atom. The lowest BCUT2D eigenvalue weighted by molar-refractivity contribution is 1.01. The van der Waals surface area contributed by atoms with E-state index in [-0.39, 0.29) is 0 Å². The zero-order chi connectivity index (χ0) is 110. The summed E-state index contributed by atoms with van der Waals surface area (Å²) in [6, 6.07) is 95.9. The molecule has 144 heavy (non-hydrogen) atoms. The highest BCUT2D eigenvalue weighted by Crippen LogP contribution is 2.41. The maximum Gasteiger partial charge on any atom is 0.125 e. The first-order valence-electron chi connectivity index (χ1n) is 54.1. The summed E-state index contributed by atoms with van der Waals surface area (Å²) >= 11 is 0. The molecular weight excluding hydrogens is 1750 g/mol. The Labute approximate surface area is 881 Å². The van der Waals surface area contributed by atoms with Gasteiger partial charge < -0.3 is 4.57 Å². The number of aromatic nitrogens is 10. The number of nitrogens with zero attached hydrogens (tertiary/aromatic N) is 10. The number of para-hydroxylation sites is 2. The highest BCUT2D eigenvalue weighted by molar-refractivity contribution is 6.07. The summed E-state index contributed by atoms with van der Waals surface area (Å²) in [5, 5.41) is 2.68. The molecule has 4 aliphatic rings. The zero-order valence-electron chi connectivity index (χ0n) is 98.2. The number of aryl methyl sites for hydroxylation is 11. The van der Waals surface area contributed by atoms with Gasteiger partial charge in [0.15, 0.2) is 0 Å². The molecule has 10 heteroatoms. The maximum atomic E-state index is 3.98. The van der Waals surface area contributed by atoms with E-state index in [2.05, 4.69) is 303 Å². The van der Waals surface area contributed by atoms with Crippen LogP contribution in [-0.2, 0) is 32.7 Å². The Hall–Kier alpha value is -13.3. The lowest BCUT2D eigenvalue weighted by atomic mass is 10.0. The number of hydrogen-bond acceptors (Lipinski definition) is 9. The highest BCUT2D eigenvalue weighted by Gasteiger charge is 2.21. The molecule has 17 aromatic rings. The summed E-state index contributed by atoms with van der Waals surface area (Å²) in [5.74, 6) is 0.822. The molecule has 0 unspecified atom stereocenters. The molecule has 0 radical (unpaired) electrons. The van der Waals surface area contributed by atoms with E-state index in [9.17, 15) is 0 Å². The molecule has 10 nitrogen and oxygen atoms in total. The third kappa shape index (κ3) is 53.2. The average molecular weight is 1950 g/mol. The van der Waals surface area contributed by atoms with Crippen molar-refractivity contribution in [2.24, 2.45) is 7.05 Å². The summed E-state index contributed by atoms with van der Waals surface area (Å²) in [7, 11) is 2.12. The first-order valence-corrected chi connectivity index (χ1v) is 54.1. The monoisotopic (exact) mass is 1940 g/mol. The van der Waals surface area contributed by atoms with Crippen molar-refractivity contribution in [2.45, 2.75) is 316 Å². The van der Waals surface area contributed by atoms with Gasteiger partial charge in [-0.2, -0.15) is 0 Å². The normalized spacial score (nSPS) is 9.10. The van der Waals surface area contributed by atoms with Crippen LogP contribution in [0.15, 0.2) is 347 Å². The van der Waals surface area contributed by atoms with Gasteiger partial charge in [0.1, 0.15) is 12.2 Å². The Morgan fingerprint density at radius 1 is 0.201 bits per heavy atom. The molecule has 0 amide bonds. The Balaban J connectivity index is -0.000000357. The van der Waals surface area contributed by atoms with Crippen LogP contribution in [0.3, 0.4) is 0 Å². The minimum absolute atomic E-state index is 0.822. The number of rotatable bonds is 0. The molecule has 0 bridgehead atoms. The van der Waals surface area contributed by atoms with Crippen LogP contribution in [0, 0.1) is 69.2 Å². The predicted octanol–water partition coefficient (Wildman–Crippen LogP) is 40.5. The fourth-order valence-corrected chi connectivity index (χ4v) is 13.8. The third-order valence-electron chi connectivity index (χ3n) is 19.4. The number of fused-ring (bicyclic) bond motifs is 15. The van der Waals surface area contributed by atoms with E-state index >= 15 is 0 Å². The minimum atomic E-state index is 0.822. The summed E-state index contributed by atoms with van der Waals surface area (Å²) in [6.07, 6.45) is 25.2. The quantitative estimate of drug-likeness (QED) is 0.146. The van der Waals surface area contributed by atoms with Crippen molar-refractivity contribution >= 4 is 21.8 Å². The molecule has 7 heterocycles. The van der Waals surface area contributed by atoms with Crippen molar-refractivity contribution < 1.29 is 0 Å². The topological polar surface area (TPSA) is 121 Å². The second-order valence-electron chi connectivity index (χ2n) is 28.0. The van der Waals surface area contributed by atoms with Crippen molar-refractivity contribution in [1.29, 1.82) is 0 Å². The Morgan fingerprint density at radius 2 is 0.583 bits per heavy atom. The van der Waals surface area contributed by atoms with Gasteiger partial charge >= 0.3 is 0 Å². The summed E-state index contributed by atoms with van der Waals surface area (Å²) < 4.78 is 2.24. The van der Waals surface area contributed by atoms with Gasteiger partial charge in [-0.1, -0.05) is 451 Å². The van der Waals surface area contributed by atoms with Gasteiger partial charge in [-0.05, 0) is 261 Å². The number of pyridine rings is 3. The van der Waals surface area contributed by atoms with Crippen LogP contribution < -0.4 is 0 Å². The van der Waals surface area contributed by atoms with Crippen molar-refractivity contribution in [1.82, 2.24) is 49.4 Å². The maximum absolute atomic E-state index is 3.98. The first kappa shape index (κ1) is 141. The molecule has 4 aliphatic carbocycles. The molecule has 0 N–H and O–H groups in total. The molecular formula is C134H194N10. The lowest BCUT2D eigenvalue weighted by Gasteiger charge is -2.03. The fraction of sp³-hybridized carbons (Fsp3) is 0.351. The zero-order valence-corrected chi connectivity index (χ0v) is 98.2. The SMILES string of the molecule is CC.CC.CC.CC.CC.CC.CC.CC.CC.CC.CC.CC.CC.CC.CC.CC.Cc1ccc2c(c1)-c1ccccc1C2.Cc1ccc2c(c1)Cc1ccccc1-2.Cc1cccc2c1-c1ccccc1C2.Cc1cccc2c1Cc1ccccc1-2.Cc1ccccn1.Cc1cccnc1.Cc1ccncc1.Cc1ccncn1.Cc1cnccn1.Cc1ncccn1.Cn1c2ccccc2c2ccccc21. The minimum Gasteiger partial charge on any atom is -0.344 e. The van der Waals surface area contributed by atoms with Crippen LogP contribution in [0.2, 0.25) is 0 Å². The van der Waals surface area contributed by atoms with E-state index in [1.54, 1.807) is 68.0 Å². The van der Waals surface area contributed by atoms with Crippen LogP contribution in [0.5, 0.6) is 0 Å². The number of hydrogen-bond donors (Lipinski definition) is 0. The van der Waals surface area contributed by atoms with Crippen molar-refractivity contribution in [2.75, 3.05) is 0 Å². The van der Waals surface area contributed by atoms with Crippen molar-refractivity contribution in [3.8, 4) is 44.5 Å². The standard InChI is InChI=1S/4C14H12.C13H11N.3C6H7N.3C5H6N2.16C2H6/c1-10-5-4-7-12-9-11-6-2-3-8-13(11)14(10)12;1-10-5-4-8-13-12-7-3-2-6-11(12)9-14(10)13;1-10-6-7-14-12(8-10)9-11-4-2-3-5-13(11)14;1-10-6-7-12-9-11-4-2-3-5-13(11)14(12)8-10;1-14-12-8-4-2-6-10(12)11-7-3-5-9-13(11)14;1-6-2-4-7-5-3-6;1-6-3-2-4-7-5-6;1-6-4-2-3-5-7-6;1-5-4-6-2-3-7-5;1-5-2-3-6-4-7-5;1-5-6-3-2-4-7-5;16*1-2/h4*2-8H,9H2,1H3;2-9H,1H3;3*2-5H,1H3;3*2-4H,1H3;16*1-2H3. The van der Waals surface area contributed by atoms with Crippen LogP contribution in [0.4, 0.5) is 0 Å². The van der Waals surface area contributed by atoms with E-state index in [0.29, 0.717) is 0 Å². The molecule has 10 aromatic carbocycles. The molecule has 780 valence electrons. The van der Waals surface area contributed by atoms with Crippen LogP contribution in [-0.4, -0.2) is 49.4 Å². The Kier molecular flexibility index (Phi) is 94.1. The molecule has 7 aromatic heterocycles. The van der Waals surface area contributed by atoms with Gasteiger partial charge in [-0.15, -0.1) is 0 Å². The molecule has 21 rings (SSSR count). The summed E-state index contributed by atoms with van der Waals surface area (Å²) in [6.45, 7) is 84.4. The predicted molar refractivity (Wildman–Crippen MR) is 647 cm³/mol. The van der Waals surface area contributed by atoms with Crippen molar-refractivity contribution in [3.63, 3.8) is 0 Å². The van der Waals surface area contributed by atoms with Gasteiger partial charge in [-0.3, -0.25) is 24.9 Å².